The average molecular weight is 247 g/mol. The van der Waals surface area contributed by atoms with Gasteiger partial charge in [-0.1, -0.05) is 55.5 Å². The van der Waals surface area contributed by atoms with E-state index >= 15 is 0 Å². The van der Waals surface area contributed by atoms with Gasteiger partial charge in [-0.3, -0.25) is 0 Å². The topological polar surface area (TPSA) is 37.8 Å². The molecule has 0 aliphatic heterocycles. The predicted molar refractivity (Wildman–Crippen MR) is 72.3 cm³/mol. The van der Waals surface area contributed by atoms with Crippen LogP contribution in [-0.4, -0.2) is 10.2 Å². The summed E-state index contributed by atoms with van der Waals surface area (Å²) in [6.45, 7) is 6.38. The van der Waals surface area contributed by atoms with Crippen LogP contribution in [0.25, 0.3) is 0 Å². The van der Waals surface area contributed by atoms with Crippen molar-refractivity contribution in [3.05, 3.63) is 40.9 Å². The lowest BCUT2D eigenvalue weighted by Gasteiger charge is -2.22. The number of aromatic nitrogens is 2. The molecule has 1 heterocycles. The summed E-state index contributed by atoms with van der Waals surface area (Å²) in [5.41, 5.74) is 1.29. The van der Waals surface area contributed by atoms with Crippen molar-refractivity contribution in [2.75, 3.05) is 5.32 Å². The molecule has 0 amide bonds. The quantitative estimate of drug-likeness (QED) is 0.896. The Hall–Kier alpha value is -1.42. The molecule has 4 heteroatoms. The zero-order valence-corrected chi connectivity index (χ0v) is 11.2. The van der Waals surface area contributed by atoms with Gasteiger partial charge >= 0.3 is 0 Å². The van der Waals surface area contributed by atoms with Gasteiger partial charge in [0.05, 0.1) is 6.04 Å². The number of nitrogens with one attached hydrogen (secondary N) is 1. The highest BCUT2D eigenvalue weighted by molar-refractivity contribution is 7.15. The van der Waals surface area contributed by atoms with E-state index in [1.807, 2.05) is 13.0 Å². The molecular weight excluding hydrogens is 230 g/mol. The standard InChI is InChI=1S/C13H17N3S/c1-9(2)12(11-7-5-4-6-8-11)14-13-16-15-10(3)17-13/h4-9,12H,1-3H3,(H,14,16). The van der Waals surface area contributed by atoms with Crippen LogP contribution in [0.4, 0.5) is 5.13 Å². The Labute approximate surface area is 106 Å². The van der Waals surface area contributed by atoms with Gasteiger partial charge in [0.1, 0.15) is 5.01 Å². The third kappa shape index (κ3) is 3.03. The lowest BCUT2D eigenvalue weighted by Crippen LogP contribution is -2.16. The second-order valence-corrected chi connectivity index (χ2v) is 5.58. The van der Waals surface area contributed by atoms with Crippen molar-refractivity contribution in [1.82, 2.24) is 10.2 Å². The predicted octanol–water partition coefficient (Wildman–Crippen LogP) is 3.66. The van der Waals surface area contributed by atoms with Crippen molar-refractivity contribution >= 4 is 16.5 Å². The molecule has 1 aromatic carbocycles. The van der Waals surface area contributed by atoms with E-state index in [-0.39, 0.29) is 6.04 Å². The Balaban J connectivity index is 2.19. The molecule has 0 saturated carbocycles. The van der Waals surface area contributed by atoms with Gasteiger partial charge in [-0.2, -0.15) is 0 Å². The minimum atomic E-state index is 0.281. The maximum atomic E-state index is 4.12. The van der Waals surface area contributed by atoms with Crippen LogP contribution in [0.15, 0.2) is 30.3 Å². The third-order valence-electron chi connectivity index (χ3n) is 2.63. The highest BCUT2D eigenvalue weighted by Crippen LogP contribution is 2.27. The highest BCUT2D eigenvalue weighted by Gasteiger charge is 2.16. The van der Waals surface area contributed by atoms with E-state index in [0.29, 0.717) is 5.92 Å². The average Bonchev–Trinajstić information content (AvgIpc) is 2.73. The minimum absolute atomic E-state index is 0.281. The molecule has 0 spiro atoms. The van der Waals surface area contributed by atoms with Gasteiger partial charge in [0.15, 0.2) is 0 Å². The molecule has 1 aromatic heterocycles. The van der Waals surface area contributed by atoms with Crippen molar-refractivity contribution in [3.63, 3.8) is 0 Å². The number of aryl methyl sites for hydroxylation is 1. The molecule has 3 nitrogen and oxygen atoms in total. The Morgan fingerprint density at radius 2 is 1.82 bits per heavy atom. The van der Waals surface area contributed by atoms with Crippen molar-refractivity contribution in [2.24, 2.45) is 5.92 Å². The van der Waals surface area contributed by atoms with E-state index in [1.165, 1.54) is 5.56 Å². The summed E-state index contributed by atoms with van der Waals surface area (Å²) in [4.78, 5) is 0. The van der Waals surface area contributed by atoms with E-state index in [2.05, 4.69) is 53.6 Å². The SMILES string of the molecule is Cc1nnc(NC(c2ccccc2)C(C)C)s1. The maximum Gasteiger partial charge on any atom is 0.206 e. The van der Waals surface area contributed by atoms with Crippen LogP contribution in [0.3, 0.4) is 0 Å². The lowest BCUT2D eigenvalue weighted by atomic mass is 9.96. The van der Waals surface area contributed by atoms with Crippen LogP contribution in [0, 0.1) is 12.8 Å². The van der Waals surface area contributed by atoms with E-state index in [1.54, 1.807) is 11.3 Å². The zero-order valence-electron chi connectivity index (χ0n) is 10.3. The summed E-state index contributed by atoms with van der Waals surface area (Å²) in [5, 5.41) is 13.5. The highest BCUT2D eigenvalue weighted by atomic mass is 32.1. The van der Waals surface area contributed by atoms with Crippen LogP contribution < -0.4 is 5.32 Å². The molecule has 0 bridgehead atoms. The molecule has 90 valence electrons. The monoisotopic (exact) mass is 247 g/mol. The molecule has 1 atom stereocenters. The van der Waals surface area contributed by atoms with Gasteiger partial charge in [0.25, 0.3) is 0 Å². The van der Waals surface area contributed by atoms with Gasteiger partial charge in [-0.25, -0.2) is 0 Å². The number of hydrogen-bond acceptors (Lipinski definition) is 4. The summed E-state index contributed by atoms with van der Waals surface area (Å²) in [6.07, 6.45) is 0. The van der Waals surface area contributed by atoms with Crippen LogP contribution in [-0.2, 0) is 0 Å². The summed E-state index contributed by atoms with van der Waals surface area (Å²) in [7, 11) is 0. The summed E-state index contributed by atoms with van der Waals surface area (Å²) in [6, 6.07) is 10.7. The Kier molecular flexibility index (Phi) is 3.74. The van der Waals surface area contributed by atoms with Gasteiger partial charge in [-0.05, 0) is 18.4 Å². The van der Waals surface area contributed by atoms with Gasteiger partial charge < -0.3 is 5.32 Å². The number of benzene rings is 1. The third-order valence-corrected chi connectivity index (χ3v) is 3.40. The molecule has 0 saturated heterocycles. The van der Waals surface area contributed by atoms with E-state index < -0.39 is 0 Å². The second-order valence-electron chi connectivity index (χ2n) is 4.40. The number of rotatable bonds is 4. The molecule has 0 aliphatic carbocycles. The molecule has 17 heavy (non-hydrogen) atoms. The maximum absolute atomic E-state index is 4.12. The largest absolute Gasteiger partial charge is 0.353 e. The molecule has 0 fully saturated rings. The molecule has 2 rings (SSSR count). The first-order chi connectivity index (χ1) is 8.16. The normalized spacial score (nSPS) is 12.7. The molecular formula is C13H17N3S. The first-order valence-electron chi connectivity index (χ1n) is 5.78. The fraction of sp³-hybridized carbons (Fsp3) is 0.385. The van der Waals surface area contributed by atoms with Crippen LogP contribution in [0.2, 0.25) is 0 Å². The molecule has 0 radical (unpaired) electrons. The fourth-order valence-corrected chi connectivity index (χ4v) is 2.41. The second kappa shape index (κ2) is 5.27. The number of anilines is 1. The van der Waals surface area contributed by atoms with E-state index in [0.717, 1.165) is 10.1 Å². The van der Waals surface area contributed by atoms with Crippen LogP contribution in [0.1, 0.15) is 30.5 Å². The molecule has 2 aromatic rings. The first kappa shape index (κ1) is 12.0. The number of nitrogens with zero attached hydrogens (tertiary/aromatic N) is 2. The van der Waals surface area contributed by atoms with Crippen LogP contribution >= 0.6 is 11.3 Å². The Morgan fingerprint density at radius 1 is 1.12 bits per heavy atom. The minimum Gasteiger partial charge on any atom is -0.353 e. The van der Waals surface area contributed by atoms with Crippen molar-refractivity contribution < 1.29 is 0 Å². The fourth-order valence-electron chi connectivity index (χ4n) is 1.78. The Bertz CT molecular complexity index is 465. The molecule has 1 unspecified atom stereocenters. The summed E-state index contributed by atoms with van der Waals surface area (Å²) < 4.78 is 0. The van der Waals surface area contributed by atoms with Gasteiger partial charge in [0, 0.05) is 0 Å². The van der Waals surface area contributed by atoms with Crippen molar-refractivity contribution in [1.29, 1.82) is 0 Å². The van der Waals surface area contributed by atoms with Crippen LogP contribution in [0.5, 0.6) is 0 Å². The smallest absolute Gasteiger partial charge is 0.206 e. The molecule has 0 aliphatic rings. The lowest BCUT2D eigenvalue weighted by molar-refractivity contribution is 0.545. The van der Waals surface area contributed by atoms with Crippen molar-refractivity contribution in [2.45, 2.75) is 26.8 Å². The number of hydrogen-bond donors (Lipinski definition) is 1. The molecule has 1 N–H and O–H groups in total. The summed E-state index contributed by atoms with van der Waals surface area (Å²) >= 11 is 1.59. The Morgan fingerprint density at radius 3 is 2.35 bits per heavy atom. The van der Waals surface area contributed by atoms with E-state index in [4.69, 9.17) is 0 Å². The zero-order chi connectivity index (χ0) is 12.3. The van der Waals surface area contributed by atoms with Crippen molar-refractivity contribution in [3.8, 4) is 0 Å². The van der Waals surface area contributed by atoms with Gasteiger partial charge in [0.2, 0.25) is 5.13 Å². The summed E-state index contributed by atoms with van der Waals surface area (Å²) in [5.74, 6) is 0.501. The van der Waals surface area contributed by atoms with Gasteiger partial charge in [-0.15, -0.1) is 10.2 Å². The van der Waals surface area contributed by atoms with E-state index in [9.17, 15) is 0 Å². The first-order valence-corrected chi connectivity index (χ1v) is 6.60.